The van der Waals surface area contributed by atoms with Crippen LogP contribution in [0.2, 0.25) is 5.02 Å². The summed E-state index contributed by atoms with van der Waals surface area (Å²) in [4.78, 5) is 21.7. The lowest BCUT2D eigenvalue weighted by molar-refractivity contribution is -0.386. The zero-order valence-corrected chi connectivity index (χ0v) is 10.2. The minimum absolute atomic E-state index is 0.0719. The zero-order valence-electron chi connectivity index (χ0n) is 9.44. The van der Waals surface area contributed by atoms with Crippen molar-refractivity contribution in [3.05, 3.63) is 32.3 Å². The topological polar surface area (TPSA) is 78.7 Å². The molecule has 0 spiro atoms. The first-order valence-electron chi connectivity index (χ1n) is 4.53. The molecule has 0 bridgehead atoms. The van der Waals surface area contributed by atoms with Crippen LogP contribution in [0.4, 0.5) is 5.69 Å². The molecule has 0 saturated carbocycles. The molecule has 0 atom stereocenters. The highest BCUT2D eigenvalue weighted by molar-refractivity contribution is 6.32. The van der Waals surface area contributed by atoms with Crippen molar-refractivity contribution in [2.75, 3.05) is 14.2 Å². The van der Waals surface area contributed by atoms with E-state index in [2.05, 4.69) is 4.74 Å². The minimum atomic E-state index is -0.744. The molecular weight excluding hydrogens is 250 g/mol. The number of rotatable bonds is 3. The summed E-state index contributed by atoms with van der Waals surface area (Å²) in [6, 6.07) is 1.29. The summed E-state index contributed by atoms with van der Waals surface area (Å²) < 4.78 is 9.40. The van der Waals surface area contributed by atoms with Gasteiger partial charge in [-0.3, -0.25) is 10.1 Å². The van der Waals surface area contributed by atoms with Gasteiger partial charge in [-0.1, -0.05) is 11.6 Å². The Morgan fingerprint density at radius 3 is 2.47 bits per heavy atom. The van der Waals surface area contributed by atoms with Gasteiger partial charge in [0.25, 0.3) is 0 Å². The molecule has 1 aromatic rings. The third kappa shape index (κ3) is 2.31. The molecule has 0 N–H and O–H groups in total. The lowest BCUT2D eigenvalue weighted by atomic mass is 10.1. The number of carbonyl (C=O) groups excluding carboxylic acids is 1. The molecule has 17 heavy (non-hydrogen) atoms. The first kappa shape index (κ1) is 13.2. The van der Waals surface area contributed by atoms with E-state index >= 15 is 0 Å². The van der Waals surface area contributed by atoms with E-state index < -0.39 is 10.9 Å². The molecule has 0 unspecified atom stereocenters. The number of hydrogen-bond donors (Lipinski definition) is 0. The maximum atomic E-state index is 11.4. The zero-order chi connectivity index (χ0) is 13.2. The van der Waals surface area contributed by atoms with Gasteiger partial charge in [0, 0.05) is 5.56 Å². The fourth-order valence-corrected chi connectivity index (χ4v) is 1.60. The van der Waals surface area contributed by atoms with Crippen molar-refractivity contribution < 1.29 is 19.2 Å². The summed E-state index contributed by atoms with van der Waals surface area (Å²) in [7, 11) is 2.41. The lowest BCUT2D eigenvalue weighted by Gasteiger charge is -2.10. The maximum Gasteiger partial charge on any atom is 0.341 e. The summed E-state index contributed by atoms with van der Waals surface area (Å²) in [5.41, 5.74) is -0.168. The van der Waals surface area contributed by atoms with E-state index in [0.29, 0.717) is 0 Å². The number of methoxy groups -OCH3 is 2. The fourth-order valence-electron chi connectivity index (χ4n) is 1.40. The molecule has 0 aromatic heterocycles. The molecule has 0 fully saturated rings. The van der Waals surface area contributed by atoms with Crippen LogP contribution in [-0.4, -0.2) is 25.1 Å². The molecule has 0 heterocycles. The molecule has 92 valence electrons. The van der Waals surface area contributed by atoms with Crippen molar-refractivity contribution in [1.29, 1.82) is 0 Å². The van der Waals surface area contributed by atoms with E-state index in [4.69, 9.17) is 16.3 Å². The van der Waals surface area contributed by atoms with Gasteiger partial charge in [-0.25, -0.2) is 4.79 Å². The number of esters is 1. The molecule has 0 saturated heterocycles. The Labute approximate surface area is 102 Å². The van der Waals surface area contributed by atoms with Gasteiger partial charge >= 0.3 is 11.7 Å². The van der Waals surface area contributed by atoms with E-state index in [1.54, 1.807) is 0 Å². The molecule has 1 aromatic carbocycles. The van der Waals surface area contributed by atoms with E-state index in [0.717, 1.165) is 0 Å². The van der Waals surface area contributed by atoms with Crippen LogP contribution in [0, 0.1) is 17.0 Å². The number of hydrogen-bond acceptors (Lipinski definition) is 5. The van der Waals surface area contributed by atoms with E-state index in [-0.39, 0.29) is 27.6 Å². The number of nitro groups is 1. The van der Waals surface area contributed by atoms with Crippen LogP contribution in [-0.2, 0) is 4.74 Å². The number of benzene rings is 1. The minimum Gasteiger partial charge on any atom is -0.490 e. The van der Waals surface area contributed by atoms with Gasteiger partial charge in [0.1, 0.15) is 5.56 Å². The Morgan fingerprint density at radius 1 is 1.47 bits per heavy atom. The van der Waals surface area contributed by atoms with Crippen LogP contribution >= 0.6 is 11.6 Å². The van der Waals surface area contributed by atoms with Crippen LogP contribution < -0.4 is 4.74 Å². The van der Waals surface area contributed by atoms with Gasteiger partial charge in [-0.05, 0) is 13.0 Å². The van der Waals surface area contributed by atoms with Crippen LogP contribution in [0.5, 0.6) is 5.75 Å². The first-order chi connectivity index (χ1) is 7.93. The van der Waals surface area contributed by atoms with Crippen molar-refractivity contribution in [2.24, 2.45) is 0 Å². The summed E-state index contributed by atoms with van der Waals surface area (Å²) >= 11 is 5.83. The molecular formula is C10H10ClNO5. The highest BCUT2D eigenvalue weighted by atomic mass is 35.5. The SMILES string of the molecule is COC(=O)c1cc(Cl)c(C)c([N+](=O)[O-])c1OC. The normalized spacial score (nSPS) is 9.88. The predicted molar refractivity (Wildman–Crippen MR) is 60.7 cm³/mol. The van der Waals surface area contributed by atoms with Crippen molar-refractivity contribution in [3.8, 4) is 5.75 Å². The Kier molecular flexibility index (Phi) is 3.90. The Hall–Kier alpha value is -1.82. The second kappa shape index (κ2) is 5.01. The average Bonchev–Trinajstić information content (AvgIpc) is 2.30. The molecule has 7 heteroatoms. The van der Waals surface area contributed by atoms with Crippen molar-refractivity contribution in [2.45, 2.75) is 6.92 Å². The maximum absolute atomic E-state index is 11.4. The second-order valence-corrected chi connectivity index (χ2v) is 3.57. The standard InChI is InChI=1S/C10H10ClNO5/c1-5-7(11)4-6(10(13)17-3)9(16-2)8(5)12(14)15/h4H,1-3H3. The lowest BCUT2D eigenvalue weighted by Crippen LogP contribution is -2.07. The van der Waals surface area contributed by atoms with E-state index in [1.807, 2.05) is 0 Å². The van der Waals surface area contributed by atoms with Crippen LogP contribution in [0.1, 0.15) is 15.9 Å². The van der Waals surface area contributed by atoms with Crippen LogP contribution in [0.3, 0.4) is 0 Å². The van der Waals surface area contributed by atoms with Gasteiger partial charge in [-0.2, -0.15) is 0 Å². The Morgan fingerprint density at radius 2 is 2.06 bits per heavy atom. The summed E-state index contributed by atoms with van der Waals surface area (Å²) in [6.07, 6.45) is 0. The van der Waals surface area contributed by atoms with Crippen molar-refractivity contribution in [3.63, 3.8) is 0 Å². The molecule has 0 radical (unpaired) electrons. The monoisotopic (exact) mass is 259 g/mol. The molecule has 0 aliphatic heterocycles. The van der Waals surface area contributed by atoms with E-state index in [1.165, 1.54) is 27.2 Å². The molecule has 6 nitrogen and oxygen atoms in total. The average molecular weight is 260 g/mol. The number of nitro benzene ring substituents is 1. The second-order valence-electron chi connectivity index (χ2n) is 3.16. The van der Waals surface area contributed by atoms with Crippen LogP contribution in [0.25, 0.3) is 0 Å². The van der Waals surface area contributed by atoms with Gasteiger partial charge < -0.3 is 9.47 Å². The Balaban J connectivity index is 3.63. The third-order valence-corrected chi connectivity index (χ3v) is 2.63. The largest absolute Gasteiger partial charge is 0.490 e. The summed E-state index contributed by atoms with van der Waals surface area (Å²) in [5, 5.41) is 11.0. The first-order valence-corrected chi connectivity index (χ1v) is 4.91. The van der Waals surface area contributed by atoms with Gasteiger partial charge in [0.2, 0.25) is 5.75 Å². The summed E-state index contributed by atoms with van der Waals surface area (Å²) in [5.74, 6) is -0.893. The highest BCUT2D eigenvalue weighted by Gasteiger charge is 2.28. The number of carbonyl (C=O) groups is 1. The van der Waals surface area contributed by atoms with Gasteiger partial charge in [-0.15, -0.1) is 0 Å². The number of ether oxygens (including phenoxy) is 2. The number of nitrogens with zero attached hydrogens (tertiary/aromatic N) is 1. The highest BCUT2D eigenvalue weighted by Crippen LogP contribution is 2.38. The molecule has 0 amide bonds. The van der Waals surface area contributed by atoms with Gasteiger partial charge in [0.15, 0.2) is 0 Å². The van der Waals surface area contributed by atoms with E-state index in [9.17, 15) is 14.9 Å². The van der Waals surface area contributed by atoms with Crippen molar-refractivity contribution >= 4 is 23.3 Å². The molecule has 1 rings (SSSR count). The number of halogens is 1. The summed E-state index contributed by atoms with van der Waals surface area (Å²) in [6.45, 7) is 1.48. The fraction of sp³-hybridized carbons (Fsp3) is 0.300. The smallest absolute Gasteiger partial charge is 0.341 e. The van der Waals surface area contributed by atoms with Crippen LogP contribution in [0.15, 0.2) is 6.07 Å². The molecule has 0 aliphatic rings. The quantitative estimate of drug-likeness (QED) is 0.473. The molecule has 0 aliphatic carbocycles. The third-order valence-electron chi connectivity index (χ3n) is 2.24. The van der Waals surface area contributed by atoms with Gasteiger partial charge in [0.05, 0.1) is 24.2 Å². The van der Waals surface area contributed by atoms with Crippen molar-refractivity contribution in [1.82, 2.24) is 0 Å². The predicted octanol–water partition coefficient (Wildman–Crippen LogP) is 2.35. The Bertz CT molecular complexity index is 486.